The largest absolute Gasteiger partial charge is 0.481 e. The molecule has 12 N–H and O–H groups in total. The number of rotatable bonds is 17. The normalized spacial score (nSPS) is 13.9. The monoisotopic (exact) mass is 543 g/mol. The van der Waals surface area contributed by atoms with Crippen LogP contribution in [0.3, 0.4) is 0 Å². The standard InChI is InChI=1S/C20H33N9O7S/c21-11(3-4-15(30)31)16(32)28-13(6-10-7-24-9-26-10)18(34)27-12(2-1-5-25-20(22)23)17(33)29-14(8-37)19(35)36/h7,9,11-14,37H,1-6,8,21H2,(H,24,26)(H,27,34)(H,28,32)(H,29,33)(H,30,31)(H,35,36)(H4,22,23,25)/t11-,12-,13-,14-/m0/s1. The summed E-state index contributed by atoms with van der Waals surface area (Å²) in [5, 5.41) is 35.0. The number of aliphatic carboxylic acids is 2. The number of nitrogens with one attached hydrogen (secondary N) is 6. The van der Waals surface area contributed by atoms with Crippen LogP contribution in [0.1, 0.15) is 31.4 Å². The Balaban J connectivity index is 3.03. The van der Waals surface area contributed by atoms with Gasteiger partial charge in [-0.05, 0) is 19.3 Å². The van der Waals surface area contributed by atoms with Crippen molar-refractivity contribution in [2.75, 3.05) is 12.3 Å². The Kier molecular flexibility index (Phi) is 13.5. The number of H-pyrrole nitrogens is 1. The van der Waals surface area contributed by atoms with Crippen molar-refractivity contribution < 1.29 is 34.2 Å². The van der Waals surface area contributed by atoms with Crippen molar-refractivity contribution in [1.82, 2.24) is 31.2 Å². The second kappa shape index (κ2) is 16.0. The molecule has 0 spiro atoms. The Labute approximate surface area is 217 Å². The Bertz CT molecular complexity index is 945. The van der Waals surface area contributed by atoms with E-state index in [9.17, 15) is 29.1 Å². The molecule has 0 aliphatic heterocycles. The number of nitrogens with two attached hydrogens (primary N) is 2. The number of carboxylic acid groups (broad SMARTS) is 2. The number of amides is 3. The summed E-state index contributed by atoms with van der Waals surface area (Å²) in [6.07, 6.45) is 2.58. The van der Waals surface area contributed by atoms with Crippen LogP contribution in [0.15, 0.2) is 12.5 Å². The fourth-order valence-corrected chi connectivity index (χ4v) is 3.29. The second-order valence-electron chi connectivity index (χ2n) is 7.99. The first-order valence-electron chi connectivity index (χ1n) is 11.2. The zero-order valence-electron chi connectivity index (χ0n) is 19.9. The molecule has 0 fully saturated rings. The number of carbonyl (C=O) groups is 5. The molecule has 1 rings (SSSR count). The van der Waals surface area contributed by atoms with Gasteiger partial charge in [0, 0.05) is 31.3 Å². The van der Waals surface area contributed by atoms with E-state index in [4.69, 9.17) is 22.0 Å². The number of carboxylic acids is 2. The first-order chi connectivity index (χ1) is 17.4. The van der Waals surface area contributed by atoms with E-state index in [1.54, 1.807) is 0 Å². The number of guanidine groups is 1. The van der Waals surface area contributed by atoms with Gasteiger partial charge in [0.25, 0.3) is 0 Å². The number of hydrogen-bond donors (Lipinski definition) is 11. The van der Waals surface area contributed by atoms with E-state index in [0.29, 0.717) is 5.69 Å². The lowest BCUT2D eigenvalue weighted by Crippen LogP contribution is -2.58. The molecule has 0 aromatic carbocycles. The smallest absolute Gasteiger partial charge is 0.327 e. The SMILES string of the molecule is N=C(N)NCCC[C@H](NC(=O)[C@H](Cc1c[nH]cn1)NC(=O)[C@@H](N)CCC(=O)O)C(=O)N[C@@H](CS)C(=O)O. The molecule has 0 unspecified atom stereocenters. The molecule has 0 aliphatic rings. The highest BCUT2D eigenvalue weighted by Gasteiger charge is 2.30. The molecule has 1 aromatic heterocycles. The topological polar surface area (TPSA) is 278 Å². The Hall–Kier alpha value is -3.86. The Morgan fingerprint density at radius 3 is 2.19 bits per heavy atom. The minimum absolute atomic E-state index is 0.0396. The molecule has 0 saturated carbocycles. The van der Waals surface area contributed by atoms with Gasteiger partial charge < -0.3 is 47.9 Å². The van der Waals surface area contributed by atoms with Gasteiger partial charge in [-0.3, -0.25) is 24.6 Å². The molecule has 37 heavy (non-hydrogen) atoms. The second-order valence-corrected chi connectivity index (χ2v) is 8.36. The summed E-state index contributed by atoms with van der Waals surface area (Å²) in [4.78, 5) is 67.3. The van der Waals surface area contributed by atoms with Crippen molar-refractivity contribution in [3.05, 3.63) is 18.2 Å². The summed E-state index contributed by atoms with van der Waals surface area (Å²) in [5.41, 5.74) is 11.4. The Morgan fingerprint density at radius 2 is 1.65 bits per heavy atom. The minimum atomic E-state index is -1.31. The molecular weight excluding hydrogens is 510 g/mol. The summed E-state index contributed by atoms with van der Waals surface area (Å²) in [7, 11) is 0. The molecule has 0 radical (unpaired) electrons. The molecule has 1 heterocycles. The number of imidazole rings is 1. The average Bonchev–Trinajstić information content (AvgIpc) is 3.34. The van der Waals surface area contributed by atoms with Gasteiger partial charge in [-0.25, -0.2) is 9.78 Å². The van der Waals surface area contributed by atoms with Crippen LogP contribution in [0.4, 0.5) is 0 Å². The molecule has 16 nitrogen and oxygen atoms in total. The predicted molar refractivity (Wildman–Crippen MR) is 134 cm³/mol. The zero-order valence-corrected chi connectivity index (χ0v) is 20.8. The molecule has 0 aliphatic carbocycles. The van der Waals surface area contributed by atoms with Crippen molar-refractivity contribution in [3.63, 3.8) is 0 Å². The molecule has 17 heteroatoms. The van der Waals surface area contributed by atoms with E-state index >= 15 is 0 Å². The minimum Gasteiger partial charge on any atom is -0.481 e. The third kappa shape index (κ3) is 12.1. The average molecular weight is 544 g/mol. The number of nitrogens with zero attached hydrogens (tertiary/aromatic N) is 1. The first-order valence-corrected chi connectivity index (χ1v) is 11.9. The fourth-order valence-electron chi connectivity index (χ4n) is 3.04. The number of aromatic amines is 1. The van der Waals surface area contributed by atoms with E-state index < -0.39 is 53.8 Å². The van der Waals surface area contributed by atoms with Crippen molar-refractivity contribution in [1.29, 1.82) is 5.41 Å². The molecule has 0 saturated heterocycles. The maximum absolute atomic E-state index is 13.2. The number of thiol groups is 1. The lowest BCUT2D eigenvalue weighted by molar-refractivity contribution is -0.141. The van der Waals surface area contributed by atoms with Crippen LogP contribution >= 0.6 is 12.6 Å². The molecule has 206 valence electrons. The van der Waals surface area contributed by atoms with Crippen LogP contribution in [-0.4, -0.2) is 92.3 Å². The van der Waals surface area contributed by atoms with Gasteiger partial charge in [-0.2, -0.15) is 12.6 Å². The van der Waals surface area contributed by atoms with E-state index in [1.807, 2.05) is 0 Å². The quantitative estimate of drug-likeness (QED) is 0.0404. The highest BCUT2D eigenvalue weighted by Crippen LogP contribution is 2.05. The van der Waals surface area contributed by atoms with E-state index in [0.717, 1.165) is 0 Å². The summed E-state index contributed by atoms with van der Waals surface area (Å²) >= 11 is 3.91. The maximum atomic E-state index is 13.2. The van der Waals surface area contributed by atoms with Gasteiger partial charge in [-0.1, -0.05) is 0 Å². The number of carbonyl (C=O) groups excluding carboxylic acids is 3. The van der Waals surface area contributed by atoms with Crippen LogP contribution < -0.4 is 32.7 Å². The van der Waals surface area contributed by atoms with E-state index in [2.05, 4.69) is 43.9 Å². The Morgan fingerprint density at radius 1 is 1.03 bits per heavy atom. The van der Waals surface area contributed by atoms with Crippen LogP contribution in [-0.2, 0) is 30.4 Å². The van der Waals surface area contributed by atoms with Gasteiger partial charge >= 0.3 is 11.9 Å². The van der Waals surface area contributed by atoms with Gasteiger partial charge in [0.15, 0.2) is 5.96 Å². The molecule has 3 amide bonds. The van der Waals surface area contributed by atoms with Crippen LogP contribution in [0.5, 0.6) is 0 Å². The van der Waals surface area contributed by atoms with Gasteiger partial charge in [0.1, 0.15) is 18.1 Å². The zero-order chi connectivity index (χ0) is 28.0. The first kappa shape index (κ1) is 31.2. The van der Waals surface area contributed by atoms with E-state index in [-0.39, 0.29) is 50.4 Å². The summed E-state index contributed by atoms with van der Waals surface area (Å²) in [5.74, 6) is -5.27. The summed E-state index contributed by atoms with van der Waals surface area (Å²) in [6.45, 7) is 0.204. The van der Waals surface area contributed by atoms with Crippen molar-refractivity contribution >= 4 is 48.2 Å². The van der Waals surface area contributed by atoms with Crippen LogP contribution in [0.25, 0.3) is 0 Å². The highest BCUT2D eigenvalue weighted by atomic mass is 32.1. The van der Waals surface area contributed by atoms with Gasteiger partial charge in [-0.15, -0.1) is 0 Å². The summed E-state index contributed by atoms with van der Waals surface area (Å²) in [6, 6.07) is -4.95. The fraction of sp³-hybridized carbons (Fsp3) is 0.550. The highest BCUT2D eigenvalue weighted by molar-refractivity contribution is 7.80. The molecule has 4 atom stereocenters. The number of aromatic nitrogens is 2. The maximum Gasteiger partial charge on any atom is 0.327 e. The molecule has 0 bridgehead atoms. The molecule has 1 aromatic rings. The van der Waals surface area contributed by atoms with Crippen LogP contribution in [0.2, 0.25) is 0 Å². The predicted octanol–water partition coefficient (Wildman–Crippen LogP) is -3.12. The summed E-state index contributed by atoms with van der Waals surface area (Å²) < 4.78 is 0. The lowest BCUT2D eigenvalue weighted by atomic mass is 10.1. The van der Waals surface area contributed by atoms with Gasteiger partial charge in [0.05, 0.1) is 18.1 Å². The van der Waals surface area contributed by atoms with Crippen molar-refractivity contribution in [3.8, 4) is 0 Å². The number of hydrogen-bond acceptors (Lipinski definition) is 9. The van der Waals surface area contributed by atoms with Crippen LogP contribution in [0, 0.1) is 5.41 Å². The van der Waals surface area contributed by atoms with Crippen molar-refractivity contribution in [2.45, 2.75) is 56.3 Å². The molecular formula is C20H33N9O7S. The van der Waals surface area contributed by atoms with Gasteiger partial charge in [0.2, 0.25) is 17.7 Å². The lowest BCUT2D eigenvalue weighted by Gasteiger charge is -2.25. The van der Waals surface area contributed by atoms with E-state index in [1.165, 1.54) is 12.5 Å². The van der Waals surface area contributed by atoms with Crippen molar-refractivity contribution in [2.24, 2.45) is 11.5 Å². The third-order valence-corrected chi connectivity index (χ3v) is 5.39. The third-order valence-electron chi connectivity index (χ3n) is 5.02.